The zero-order valence-electron chi connectivity index (χ0n) is 18.0. The molecule has 1 amide bonds. The van der Waals surface area contributed by atoms with Crippen LogP contribution in [0.2, 0.25) is 0 Å². The molecule has 1 atom stereocenters. The summed E-state index contributed by atoms with van der Waals surface area (Å²) in [5.74, 6) is -0.472. The first-order valence-corrected chi connectivity index (χ1v) is 10.5. The average Bonchev–Trinajstić information content (AvgIpc) is 3.24. The summed E-state index contributed by atoms with van der Waals surface area (Å²) in [7, 11) is 0. The predicted molar refractivity (Wildman–Crippen MR) is 113 cm³/mol. The molecule has 1 unspecified atom stereocenters. The van der Waals surface area contributed by atoms with Gasteiger partial charge in [-0.25, -0.2) is 4.98 Å². The fraction of sp³-hybridized carbons (Fsp3) is 0.348. The molecule has 1 saturated heterocycles. The molecule has 0 bridgehead atoms. The minimum Gasteiger partial charge on any atom is -0.368 e. The van der Waals surface area contributed by atoms with E-state index < -0.39 is 29.4 Å². The normalized spacial score (nSPS) is 16.8. The van der Waals surface area contributed by atoms with Crippen molar-refractivity contribution in [2.24, 2.45) is 5.92 Å². The predicted octanol–water partition coefficient (Wildman–Crippen LogP) is 5.55. The van der Waals surface area contributed by atoms with Crippen molar-refractivity contribution in [1.29, 1.82) is 0 Å². The Morgan fingerprint density at radius 2 is 1.82 bits per heavy atom. The molecular formula is C23H20F6N4O. The number of hydrogen-bond donors (Lipinski definition) is 1. The molecule has 0 saturated carbocycles. The van der Waals surface area contributed by atoms with Gasteiger partial charge in [-0.1, -0.05) is 11.6 Å². The minimum atomic E-state index is -4.64. The van der Waals surface area contributed by atoms with Crippen LogP contribution in [0.5, 0.6) is 0 Å². The molecule has 1 fully saturated rings. The highest BCUT2D eigenvalue weighted by Crippen LogP contribution is 2.34. The quantitative estimate of drug-likeness (QED) is 0.496. The van der Waals surface area contributed by atoms with E-state index in [0.717, 1.165) is 18.2 Å². The first-order chi connectivity index (χ1) is 15.9. The van der Waals surface area contributed by atoms with Crippen LogP contribution in [0.3, 0.4) is 0 Å². The van der Waals surface area contributed by atoms with Crippen molar-refractivity contribution in [3.8, 4) is 0 Å². The molecule has 5 nitrogen and oxygen atoms in total. The fourth-order valence-electron chi connectivity index (χ4n) is 3.96. The van der Waals surface area contributed by atoms with E-state index >= 15 is 0 Å². The summed E-state index contributed by atoms with van der Waals surface area (Å²) in [4.78, 5) is 22.5. The summed E-state index contributed by atoms with van der Waals surface area (Å²) in [6.45, 7) is 2.50. The van der Waals surface area contributed by atoms with Crippen LogP contribution in [0.4, 0.5) is 32.2 Å². The molecule has 1 aliphatic rings. The third-order valence-corrected chi connectivity index (χ3v) is 5.73. The molecule has 1 aromatic heterocycles. The molecule has 2 heterocycles. The maximum absolute atomic E-state index is 13.4. The van der Waals surface area contributed by atoms with Gasteiger partial charge in [0.05, 0.1) is 33.9 Å². The number of anilines is 1. The topological polar surface area (TPSA) is 58.1 Å². The van der Waals surface area contributed by atoms with E-state index in [2.05, 4.69) is 15.3 Å². The maximum atomic E-state index is 13.4. The summed E-state index contributed by atoms with van der Waals surface area (Å²) in [6.07, 6.45) is -7.18. The standard InChI is InChI=1S/C23H20F6N4O/c1-13-2-4-17(23(27,28)29)16(8-13)21(34)33-7-6-14(12-33)10-31-20-11-30-18-5-3-15(22(24,25)26)9-19(18)32-20/h2-5,8-9,11,14H,6-7,10,12H2,1H3,(H,31,32). The van der Waals surface area contributed by atoms with Crippen molar-refractivity contribution in [1.82, 2.24) is 14.9 Å². The molecule has 1 N–H and O–H groups in total. The molecular weight excluding hydrogens is 462 g/mol. The first kappa shape index (κ1) is 23.8. The lowest BCUT2D eigenvalue weighted by Gasteiger charge is -2.20. The summed E-state index contributed by atoms with van der Waals surface area (Å²) >= 11 is 0. The molecule has 34 heavy (non-hydrogen) atoms. The second-order valence-corrected chi connectivity index (χ2v) is 8.29. The number of aromatic nitrogens is 2. The van der Waals surface area contributed by atoms with Crippen molar-refractivity contribution in [3.05, 3.63) is 64.8 Å². The summed E-state index contributed by atoms with van der Waals surface area (Å²) in [5, 5.41) is 3.01. The highest BCUT2D eigenvalue weighted by Gasteiger charge is 2.37. The van der Waals surface area contributed by atoms with Gasteiger partial charge in [0.2, 0.25) is 0 Å². The number of alkyl halides is 6. The molecule has 3 aromatic rings. The lowest BCUT2D eigenvalue weighted by atomic mass is 10.0. The number of hydrogen-bond acceptors (Lipinski definition) is 4. The van der Waals surface area contributed by atoms with Gasteiger partial charge >= 0.3 is 12.4 Å². The average molecular weight is 482 g/mol. The van der Waals surface area contributed by atoms with Crippen LogP contribution in [0, 0.1) is 12.8 Å². The number of fused-ring (bicyclic) bond motifs is 1. The molecule has 0 spiro atoms. The molecule has 4 rings (SSSR count). The number of carbonyl (C=O) groups is 1. The smallest absolute Gasteiger partial charge is 0.368 e. The van der Waals surface area contributed by atoms with Crippen LogP contribution in [0.15, 0.2) is 42.6 Å². The van der Waals surface area contributed by atoms with Gasteiger partial charge in [0.15, 0.2) is 0 Å². The van der Waals surface area contributed by atoms with Crippen molar-refractivity contribution in [2.75, 3.05) is 25.0 Å². The number of nitrogens with zero attached hydrogens (tertiary/aromatic N) is 3. The summed E-state index contributed by atoms with van der Waals surface area (Å²) in [5.41, 5.74) is -1.21. The van der Waals surface area contributed by atoms with Crippen molar-refractivity contribution >= 4 is 22.8 Å². The highest BCUT2D eigenvalue weighted by molar-refractivity contribution is 5.96. The fourth-order valence-corrected chi connectivity index (χ4v) is 3.96. The van der Waals surface area contributed by atoms with Crippen LogP contribution in [-0.4, -0.2) is 40.4 Å². The molecule has 0 aliphatic carbocycles. The molecule has 1 aliphatic heterocycles. The zero-order chi connectivity index (χ0) is 24.7. The monoisotopic (exact) mass is 482 g/mol. The number of nitrogens with one attached hydrogen (secondary N) is 1. The Bertz CT molecular complexity index is 1220. The van der Waals surface area contributed by atoms with Crippen LogP contribution >= 0.6 is 0 Å². The van der Waals surface area contributed by atoms with Gasteiger partial charge in [-0.15, -0.1) is 0 Å². The lowest BCUT2D eigenvalue weighted by molar-refractivity contribution is -0.138. The minimum absolute atomic E-state index is 0.0675. The Morgan fingerprint density at radius 1 is 1.06 bits per heavy atom. The summed E-state index contributed by atoms with van der Waals surface area (Å²) in [6, 6.07) is 6.58. The number of benzene rings is 2. The molecule has 11 heteroatoms. The Morgan fingerprint density at radius 3 is 2.53 bits per heavy atom. The number of halogens is 6. The number of aryl methyl sites for hydroxylation is 1. The van der Waals surface area contributed by atoms with E-state index in [-0.39, 0.29) is 29.4 Å². The highest BCUT2D eigenvalue weighted by atomic mass is 19.4. The molecule has 0 radical (unpaired) electrons. The Kier molecular flexibility index (Phi) is 6.13. The van der Waals surface area contributed by atoms with Gasteiger partial charge in [0.25, 0.3) is 5.91 Å². The van der Waals surface area contributed by atoms with Crippen molar-refractivity contribution in [3.63, 3.8) is 0 Å². The Balaban J connectivity index is 1.43. The van der Waals surface area contributed by atoms with Crippen LogP contribution in [0.1, 0.15) is 33.5 Å². The molecule has 180 valence electrons. The van der Waals surface area contributed by atoms with Gasteiger partial charge in [0, 0.05) is 19.6 Å². The SMILES string of the molecule is Cc1ccc(C(F)(F)F)c(C(=O)N2CCC(CNc3cnc4ccc(C(F)(F)F)cc4n3)C2)c1. The first-order valence-electron chi connectivity index (χ1n) is 10.5. The van der Waals surface area contributed by atoms with Gasteiger partial charge in [-0.2, -0.15) is 26.3 Å². The van der Waals surface area contributed by atoms with Crippen LogP contribution in [0.25, 0.3) is 11.0 Å². The van der Waals surface area contributed by atoms with E-state index in [0.29, 0.717) is 30.6 Å². The number of amides is 1. The largest absolute Gasteiger partial charge is 0.417 e. The van der Waals surface area contributed by atoms with E-state index in [1.165, 1.54) is 29.3 Å². The third-order valence-electron chi connectivity index (χ3n) is 5.73. The third kappa shape index (κ3) is 5.07. The second kappa shape index (κ2) is 8.77. The van der Waals surface area contributed by atoms with Crippen molar-refractivity contribution in [2.45, 2.75) is 25.7 Å². The van der Waals surface area contributed by atoms with E-state index in [1.807, 2.05) is 0 Å². The zero-order valence-corrected chi connectivity index (χ0v) is 18.0. The van der Waals surface area contributed by atoms with E-state index in [4.69, 9.17) is 0 Å². The maximum Gasteiger partial charge on any atom is 0.417 e. The summed E-state index contributed by atoms with van der Waals surface area (Å²) < 4.78 is 78.9. The van der Waals surface area contributed by atoms with Gasteiger partial charge in [-0.3, -0.25) is 9.78 Å². The van der Waals surface area contributed by atoms with Crippen LogP contribution in [-0.2, 0) is 12.4 Å². The Hall–Kier alpha value is -3.37. The van der Waals surface area contributed by atoms with E-state index in [9.17, 15) is 31.1 Å². The lowest BCUT2D eigenvalue weighted by Crippen LogP contribution is -2.31. The van der Waals surface area contributed by atoms with Gasteiger partial charge < -0.3 is 10.2 Å². The molecule has 2 aromatic carbocycles. The number of carbonyl (C=O) groups excluding carboxylic acids is 1. The number of likely N-dealkylation sites (tertiary alicyclic amines) is 1. The van der Waals surface area contributed by atoms with Crippen LogP contribution < -0.4 is 5.32 Å². The Labute approximate surface area is 190 Å². The second-order valence-electron chi connectivity index (χ2n) is 8.29. The van der Waals surface area contributed by atoms with Gasteiger partial charge in [-0.05, 0) is 49.6 Å². The van der Waals surface area contributed by atoms with Crippen molar-refractivity contribution < 1.29 is 31.1 Å². The van der Waals surface area contributed by atoms with E-state index in [1.54, 1.807) is 6.92 Å². The number of rotatable bonds is 4. The van der Waals surface area contributed by atoms with Gasteiger partial charge in [0.1, 0.15) is 5.82 Å².